The van der Waals surface area contributed by atoms with E-state index < -0.39 is 45.9 Å². The van der Waals surface area contributed by atoms with Gasteiger partial charge in [-0.15, -0.1) is 0 Å². The maximum Gasteiger partial charge on any atom is 0.159 e. The second-order valence-electron chi connectivity index (χ2n) is 13.3. The van der Waals surface area contributed by atoms with Gasteiger partial charge in [0.25, 0.3) is 0 Å². The molecule has 0 heterocycles. The van der Waals surface area contributed by atoms with E-state index in [0.29, 0.717) is 25.7 Å². The molecule has 0 aliphatic heterocycles. The van der Waals surface area contributed by atoms with Crippen LogP contribution >= 0.6 is 0 Å². The van der Waals surface area contributed by atoms with Crippen molar-refractivity contribution in [1.29, 1.82) is 0 Å². The number of rotatable bonds is 5. The van der Waals surface area contributed by atoms with Crippen molar-refractivity contribution in [3.63, 3.8) is 0 Å². The van der Waals surface area contributed by atoms with Gasteiger partial charge >= 0.3 is 0 Å². The largest absolute Gasteiger partial charge is 0.393 e. The van der Waals surface area contributed by atoms with Gasteiger partial charge in [-0.2, -0.15) is 0 Å². The highest BCUT2D eigenvalue weighted by Crippen LogP contribution is 2.68. The lowest BCUT2D eigenvalue weighted by molar-refractivity contribution is -0.163. The molecule has 3 saturated carbocycles. The van der Waals surface area contributed by atoms with Crippen molar-refractivity contribution in [3.8, 4) is 0 Å². The zero-order valence-electron chi connectivity index (χ0n) is 21.3. The van der Waals surface area contributed by atoms with Crippen LogP contribution in [0.25, 0.3) is 0 Å². The van der Waals surface area contributed by atoms with Gasteiger partial charge in [-0.3, -0.25) is 4.79 Å². The van der Waals surface area contributed by atoms with E-state index in [1.807, 2.05) is 13.8 Å². The zero-order valence-corrected chi connectivity index (χ0v) is 21.3. The Morgan fingerprint density at radius 1 is 1.03 bits per heavy atom. The van der Waals surface area contributed by atoms with Crippen molar-refractivity contribution < 1.29 is 35.4 Å². The van der Waals surface area contributed by atoms with Crippen molar-refractivity contribution in [2.24, 2.45) is 28.6 Å². The fourth-order valence-corrected chi connectivity index (χ4v) is 8.64. The van der Waals surface area contributed by atoms with Gasteiger partial charge in [-0.1, -0.05) is 13.8 Å². The van der Waals surface area contributed by atoms with Gasteiger partial charge in [0.15, 0.2) is 5.78 Å². The Kier molecular flexibility index (Phi) is 6.24. The first-order valence-corrected chi connectivity index (χ1v) is 12.9. The molecule has 34 heavy (non-hydrogen) atoms. The van der Waals surface area contributed by atoms with E-state index in [-0.39, 0.29) is 42.8 Å². The van der Waals surface area contributed by atoms with E-state index in [1.165, 1.54) is 0 Å². The highest BCUT2D eigenvalue weighted by Gasteiger charge is 2.68. The second-order valence-corrected chi connectivity index (χ2v) is 13.3. The topological polar surface area (TPSA) is 138 Å². The molecule has 0 aromatic carbocycles. The van der Waals surface area contributed by atoms with Crippen LogP contribution in [-0.4, -0.2) is 71.5 Å². The molecule has 4 aliphatic carbocycles. The number of ketones is 1. The molecule has 4 aliphatic rings. The number of carbonyl (C=O) groups excluding carboxylic acids is 1. The van der Waals surface area contributed by atoms with Crippen molar-refractivity contribution in [2.75, 3.05) is 0 Å². The molecule has 7 nitrogen and oxygen atoms in total. The summed E-state index contributed by atoms with van der Waals surface area (Å²) in [6, 6.07) is 0. The van der Waals surface area contributed by atoms with Gasteiger partial charge in [-0.25, -0.2) is 0 Å². The third-order valence-corrected chi connectivity index (χ3v) is 10.3. The summed E-state index contributed by atoms with van der Waals surface area (Å²) in [5.74, 6) is -0.819. The van der Waals surface area contributed by atoms with E-state index in [9.17, 15) is 35.4 Å². The number of allylic oxidation sites excluding steroid dienone is 1. The highest BCUT2D eigenvalue weighted by molar-refractivity contribution is 5.95. The van der Waals surface area contributed by atoms with Crippen molar-refractivity contribution in [3.05, 3.63) is 11.6 Å². The van der Waals surface area contributed by atoms with Crippen LogP contribution in [0.1, 0.15) is 86.0 Å². The van der Waals surface area contributed by atoms with Gasteiger partial charge in [-0.05, 0) is 88.2 Å². The molecule has 0 aromatic rings. The van der Waals surface area contributed by atoms with Crippen molar-refractivity contribution in [2.45, 2.75) is 121 Å². The molecule has 0 bridgehead atoms. The Balaban J connectivity index is 1.65. The number of aliphatic hydroxyl groups is 6. The monoisotopic (exact) mass is 480 g/mol. The van der Waals surface area contributed by atoms with E-state index in [4.69, 9.17) is 0 Å². The molecule has 0 unspecified atom stereocenters. The van der Waals surface area contributed by atoms with E-state index >= 15 is 0 Å². The van der Waals surface area contributed by atoms with Crippen LogP contribution in [0.5, 0.6) is 0 Å². The second kappa shape index (κ2) is 8.09. The Labute approximate surface area is 202 Å². The predicted molar refractivity (Wildman–Crippen MR) is 127 cm³/mol. The van der Waals surface area contributed by atoms with Crippen molar-refractivity contribution in [1.82, 2.24) is 0 Å². The number of hydrogen-bond donors (Lipinski definition) is 6. The average Bonchev–Trinajstić information content (AvgIpc) is 2.95. The van der Waals surface area contributed by atoms with Crippen LogP contribution in [0.15, 0.2) is 11.6 Å². The first-order valence-electron chi connectivity index (χ1n) is 12.9. The molecule has 0 spiro atoms. The number of hydrogen-bond acceptors (Lipinski definition) is 7. The predicted octanol–water partition coefficient (Wildman–Crippen LogP) is 1.85. The molecule has 0 aromatic heterocycles. The normalized spacial score (nSPS) is 47.2. The van der Waals surface area contributed by atoms with Crippen LogP contribution in [0.3, 0.4) is 0 Å². The molecule has 0 saturated heterocycles. The third kappa shape index (κ3) is 3.91. The lowest BCUT2D eigenvalue weighted by atomic mass is 9.45. The van der Waals surface area contributed by atoms with Crippen LogP contribution < -0.4 is 0 Å². The molecule has 7 heteroatoms. The Bertz CT molecular complexity index is 860. The smallest absolute Gasteiger partial charge is 0.159 e. The minimum absolute atomic E-state index is 0.0695. The molecule has 10 atom stereocenters. The van der Waals surface area contributed by atoms with Gasteiger partial charge < -0.3 is 30.6 Å². The fourth-order valence-electron chi connectivity index (χ4n) is 8.64. The van der Waals surface area contributed by atoms with Crippen LogP contribution in [0, 0.1) is 28.6 Å². The zero-order chi connectivity index (χ0) is 25.5. The van der Waals surface area contributed by atoms with Gasteiger partial charge in [0.2, 0.25) is 0 Å². The summed E-state index contributed by atoms with van der Waals surface area (Å²) < 4.78 is 0. The van der Waals surface area contributed by atoms with Crippen LogP contribution in [0.2, 0.25) is 0 Å². The molecule has 6 N–H and O–H groups in total. The minimum atomic E-state index is -1.26. The third-order valence-electron chi connectivity index (χ3n) is 10.3. The first kappa shape index (κ1) is 26.2. The first-order chi connectivity index (χ1) is 15.4. The van der Waals surface area contributed by atoms with E-state index in [2.05, 4.69) is 0 Å². The van der Waals surface area contributed by atoms with Crippen molar-refractivity contribution >= 4 is 5.78 Å². The quantitative estimate of drug-likeness (QED) is 0.353. The maximum atomic E-state index is 13.2. The van der Waals surface area contributed by atoms with Crippen LogP contribution in [0.4, 0.5) is 0 Å². The fraction of sp³-hybridized carbons (Fsp3) is 0.889. The summed E-state index contributed by atoms with van der Waals surface area (Å²) in [6.07, 6.45) is 2.12. The minimum Gasteiger partial charge on any atom is -0.393 e. The number of fused-ring (bicyclic) bond motifs is 5. The molecule has 3 fully saturated rings. The van der Waals surface area contributed by atoms with Gasteiger partial charge in [0.1, 0.15) is 0 Å². The molecular formula is C27H44O7. The van der Waals surface area contributed by atoms with Gasteiger partial charge in [0, 0.05) is 24.2 Å². The summed E-state index contributed by atoms with van der Waals surface area (Å²) in [5, 5.41) is 65.1. The summed E-state index contributed by atoms with van der Waals surface area (Å²) in [6.45, 7) is 8.98. The number of aliphatic hydroxyl groups excluding tert-OH is 3. The lowest BCUT2D eigenvalue weighted by Crippen LogP contribution is -2.62. The summed E-state index contributed by atoms with van der Waals surface area (Å²) >= 11 is 0. The molecule has 0 radical (unpaired) electrons. The van der Waals surface area contributed by atoms with Gasteiger partial charge in [0.05, 0.1) is 35.1 Å². The molecule has 4 rings (SSSR count). The van der Waals surface area contributed by atoms with Crippen LogP contribution in [-0.2, 0) is 4.79 Å². The Hall–Kier alpha value is -0.830. The Morgan fingerprint density at radius 3 is 2.29 bits per heavy atom. The van der Waals surface area contributed by atoms with E-state index in [0.717, 1.165) is 12.0 Å². The summed E-state index contributed by atoms with van der Waals surface area (Å²) in [4.78, 5) is 13.2. The Morgan fingerprint density at radius 2 is 1.68 bits per heavy atom. The van der Waals surface area contributed by atoms with E-state index in [1.54, 1.807) is 26.8 Å². The summed E-state index contributed by atoms with van der Waals surface area (Å²) in [5.41, 5.74) is -4.04. The molecular weight excluding hydrogens is 436 g/mol. The number of carbonyl (C=O) groups is 1. The summed E-state index contributed by atoms with van der Waals surface area (Å²) in [7, 11) is 0. The average molecular weight is 481 g/mol. The molecule has 194 valence electrons. The standard InChI is InChI=1S/C27H44O7/c1-23(2,32)12-15(28)13-26(5,33)22-7-9-27(34)17-10-19(29)18-11-20(30)21(31)14-24(18,3)16(17)6-8-25(22,27)4/h10,15-16,18,20-22,28,30-34H,6-9,11-14H2,1-5H3/t15-,16-,18-,20-,21+,22+,24-,25+,26-,27-/m1/s1. The maximum absolute atomic E-state index is 13.2. The highest BCUT2D eigenvalue weighted by atomic mass is 16.3. The molecule has 0 amide bonds. The lowest BCUT2D eigenvalue weighted by Gasteiger charge is -2.60. The SMILES string of the molecule is CC(C)(O)C[C@@H](O)C[C@@](C)(O)[C@H]1CC[C@@]2(O)C3=CC(=O)[C@H]4C[C@@H](O)[C@@H](O)C[C@]4(C)[C@@H]3CC[C@@]12C.